The third-order valence-electron chi connectivity index (χ3n) is 1.79. The SMILES string of the molecule is N#CC(COc1ccccc1Br)C(F)(F)F. The maximum atomic E-state index is 12.2. The number of ether oxygens (including phenoxy) is 1. The molecule has 0 spiro atoms. The van der Waals surface area contributed by atoms with Crippen molar-refractivity contribution in [2.45, 2.75) is 6.18 Å². The molecule has 1 aromatic carbocycles. The largest absolute Gasteiger partial charge is 0.491 e. The first-order valence-electron chi connectivity index (χ1n) is 4.29. The quantitative estimate of drug-likeness (QED) is 0.854. The maximum absolute atomic E-state index is 12.2. The molecule has 0 aromatic heterocycles. The molecule has 1 atom stereocenters. The molecule has 0 N–H and O–H groups in total. The Balaban J connectivity index is 2.65. The molecule has 0 aliphatic rings. The Morgan fingerprint density at radius 1 is 1.38 bits per heavy atom. The molecule has 0 saturated heterocycles. The predicted molar refractivity (Wildman–Crippen MR) is 54.8 cm³/mol. The molecular formula is C10H7BrF3NO. The molecule has 1 rings (SSSR count). The molecule has 0 heterocycles. The van der Waals surface area contributed by atoms with Crippen LogP contribution in [0.5, 0.6) is 5.75 Å². The van der Waals surface area contributed by atoms with Crippen molar-refractivity contribution in [3.63, 3.8) is 0 Å². The zero-order valence-electron chi connectivity index (χ0n) is 7.96. The first-order valence-corrected chi connectivity index (χ1v) is 5.08. The molecule has 0 aliphatic carbocycles. The van der Waals surface area contributed by atoms with Crippen molar-refractivity contribution < 1.29 is 17.9 Å². The molecule has 2 nitrogen and oxygen atoms in total. The van der Waals surface area contributed by atoms with E-state index in [1.165, 1.54) is 12.1 Å². The van der Waals surface area contributed by atoms with Gasteiger partial charge in [0.1, 0.15) is 12.4 Å². The summed E-state index contributed by atoms with van der Waals surface area (Å²) in [5, 5.41) is 8.35. The molecule has 0 radical (unpaired) electrons. The molecule has 0 amide bonds. The van der Waals surface area contributed by atoms with E-state index in [1.807, 2.05) is 0 Å². The van der Waals surface area contributed by atoms with E-state index in [0.717, 1.165) is 0 Å². The first kappa shape index (κ1) is 12.8. The minimum absolute atomic E-state index is 0.284. The van der Waals surface area contributed by atoms with Gasteiger partial charge in [0, 0.05) is 0 Å². The zero-order valence-corrected chi connectivity index (χ0v) is 9.55. The number of alkyl halides is 3. The normalized spacial score (nSPS) is 12.9. The van der Waals surface area contributed by atoms with Crippen molar-refractivity contribution in [1.29, 1.82) is 5.26 Å². The van der Waals surface area contributed by atoms with Crippen LogP contribution in [0.4, 0.5) is 13.2 Å². The van der Waals surface area contributed by atoms with Crippen LogP contribution in [0.2, 0.25) is 0 Å². The number of para-hydroxylation sites is 1. The Kier molecular flexibility index (Phi) is 4.19. The second-order valence-corrected chi connectivity index (χ2v) is 3.82. The van der Waals surface area contributed by atoms with Crippen molar-refractivity contribution in [3.05, 3.63) is 28.7 Å². The van der Waals surface area contributed by atoms with Gasteiger partial charge in [-0.1, -0.05) is 12.1 Å². The number of halogens is 4. The summed E-state index contributed by atoms with van der Waals surface area (Å²) in [6, 6.07) is 7.68. The second-order valence-electron chi connectivity index (χ2n) is 2.96. The molecule has 0 aliphatic heterocycles. The van der Waals surface area contributed by atoms with Crippen LogP contribution in [0.25, 0.3) is 0 Å². The van der Waals surface area contributed by atoms with Crippen molar-refractivity contribution in [2.24, 2.45) is 5.92 Å². The van der Waals surface area contributed by atoms with Gasteiger partial charge in [-0.25, -0.2) is 0 Å². The standard InChI is InChI=1S/C10H7BrF3NO/c11-8-3-1-2-4-9(8)16-6-7(5-15)10(12,13)14/h1-4,7H,6H2. The predicted octanol–water partition coefficient (Wildman–Crippen LogP) is 3.53. The monoisotopic (exact) mass is 293 g/mol. The lowest BCUT2D eigenvalue weighted by Gasteiger charge is -2.14. The smallest absolute Gasteiger partial charge is 0.407 e. The van der Waals surface area contributed by atoms with E-state index >= 15 is 0 Å². The molecule has 1 aromatic rings. The fraction of sp³-hybridized carbons (Fsp3) is 0.300. The fourth-order valence-electron chi connectivity index (χ4n) is 0.940. The Morgan fingerprint density at radius 3 is 2.50 bits per heavy atom. The van der Waals surface area contributed by atoms with Crippen molar-refractivity contribution >= 4 is 15.9 Å². The summed E-state index contributed by atoms with van der Waals surface area (Å²) in [6.45, 7) is -0.706. The molecule has 6 heteroatoms. The lowest BCUT2D eigenvalue weighted by molar-refractivity contribution is -0.165. The molecule has 0 bridgehead atoms. The number of hydrogen-bond acceptors (Lipinski definition) is 2. The van der Waals surface area contributed by atoms with Crippen LogP contribution in [-0.4, -0.2) is 12.8 Å². The van der Waals surface area contributed by atoms with Crippen LogP contribution in [0, 0.1) is 17.2 Å². The van der Waals surface area contributed by atoms with Crippen LogP contribution >= 0.6 is 15.9 Å². The highest BCUT2D eigenvalue weighted by atomic mass is 79.9. The highest BCUT2D eigenvalue weighted by Crippen LogP contribution is 2.28. The van der Waals surface area contributed by atoms with Gasteiger partial charge in [-0.3, -0.25) is 0 Å². The fourth-order valence-corrected chi connectivity index (χ4v) is 1.34. The highest BCUT2D eigenvalue weighted by Gasteiger charge is 2.40. The minimum atomic E-state index is -4.56. The van der Waals surface area contributed by atoms with E-state index in [1.54, 1.807) is 18.2 Å². The van der Waals surface area contributed by atoms with Gasteiger partial charge >= 0.3 is 6.18 Å². The van der Waals surface area contributed by atoms with Crippen molar-refractivity contribution in [3.8, 4) is 11.8 Å². The third kappa shape index (κ3) is 3.42. The molecule has 16 heavy (non-hydrogen) atoms. The second kappa shape index (κ2) is 5.21. The van der Waals surface area contributed by atoms with Crippen LogP contribution in [0.15, 0.2) is 28.7 Å². The minimum Gasteiger partial charge on any atom is -0.491 e. The average Bonchev–Trinajstić information content (AvgIpc) is 2.19. The molecule has 0 saturated carbocycles. The lowest BCUT2D eigenvalue weighted by atomic mass is 10.2. The summed E-state index contributed by atoms with van der Waals surface area (Å²) >= 11 is 3.13. The summed E-state index contributed by atoms with van der Waals surface area (Å²) in [7, 11) is 0. The van der Waals surface area contributed by atoms with Gasteiger partial charge in [0.2, 0.25) is 0 Å². The van der Waals surface area contributed by atoms with Gasteiger partial charge in [0.05, 0.1) is 10.5 Å². The van der Waals surface area contributed by atoms with E-state index < -0.39 is 18.7 Å². The van der Waals surface area contributed by atoms with Gasteiger partial charge in [0.25, 0.3) is 0 Å². The maximum Gasteiger partial charge on any atom is 0.407 e. The summed E-state index contributed by atoms with van der Waals surface area (Å²) in [5.41, 5.74) is 0. The Bertz CT molecular complexity index is 400. The summed E-state index contributed by atoms with van der Waals surface area (Å²) in [5.74, 6) is -1.83. The zero-order chi connectivity index (χ0) is 12.2. The number of nitriles is 1. The van der Waals surface area contributed by atoms with Gasteiger partial charge in [-0.05, 0) is 28.1 Å². The van der Waals surface area contributed by atoms with E-state index in [-0.39, 0.29) is 5.75 Å². The Labute approximate surface area is 98.8 Å². The van der Waals surface area contributed by atoms with Crippen LogP contribution < -0.4 is 4.74 Å². The summed E-state index contributed by atoms with van der Waals surface area (Å²) in [4.78, 5) is 0. The van der Waals surface area contributed by atoms with Gasteiger partial charge < -0.3 is 4.74 Å². The van der Waals surface area contributed by atoms with Gasteiger partial charge in [-0.2, -0.15) is 18.4 Å². The third-order valence-corrected chi connectivity index (χ3v) is 2.45. The van der Waals surface area contributed by atoms with Gasteiger partial charge in [-0.15, -0.1) is 0 Å². The van der Waals surface area contributed by atoms with E-state index in [4.69, 9.17) is 10.00 Å². The van der Waals surface area contributed by atoms with Crippen molar-refractivity contribution in [2.75, 3.05) is 6.61 Å². The Morgan fingerprint density at radius 2 is 2.00 bits per heavy atom. The number of hydrogen-bond donors (Lipinski definition) is 0. The van der Waals surface area contributed by atoms with Crippen molar-refractivity contribution in [1.82, 2.24) is 0 Å². The number of nitrogens with zero attached hydrogens (tertiary/aromatic N) is 1. The molecule has 86 valence electrons. The Hall–Kier alpha value is -1.22. The molecule has 0 fully saturated rings. The van der Waals surface area contributed by atoms with Crippen LogP contribution in [0.3, 0.4) is 0 Å². The highest BCUT2D eigenvalue weighted by molar-refractivity contribution is 9.10. The first-order chi connectivity index (χ1) is 7.45. The van der Waals surface area contributed by atoms with E-state index in [0.29, 0.717) is 4.47 Å². The number of benzene rings is 1. The molecule has 1 unspecified atom stereocenters. The molecular weight excluding hydrogens is 287 g/mol. The topological polar surface area (TPSA) is 33.0 Å². The lowest BCUT2D eigenvalue weighted by Crippen LogP contribution is -2.27. The van der Waals surface area contributed by atoms with E-state index in [2.05, 4.69) is 15.9 Å². The van der Waals surface area contributed by atoms with Crippen LogP contribution in [-0.2, 0) is 0 Å². The summed E-state index contributed by atoms with van der Waals surface area (Å²) in [6.07, 6.45) is -4.56. The average molecular weight is 294 g/mol. The van der Waals surface area contributed by atoms with Crippen LogP contribution in [0.1, 0.15) is 0 Å². The van der Waals surface area contributed by atoms with Gasteiger partial charge in [0.15, 0.2) is 5.92 Å². The summed E-state index contributed by atoms with van der Waals surface area (Å²) < 4.78 is 42.1. The number of rotatable bonds is 3. The van der Waals surface area contributed by atoms with E-state index in [9.17, 15) is 13.2 Å².